The molecule has 2 saturated carbocycles. The van der Waals surface area contributed by atoms with Crippen LogP contribution in [0, 0.1) is 40.8 Å². The minimum absolute atomic E-state index is 0.00291. The van der Waals surface area contributed by atoms with Crippen molar-refractivity contribution in [1.29, 1.82) is 5.26 Å². The Kier molecular flexibility index (Phi) is 6.39. The second kappa shape index (κ2) is 9.29. The molecule has 1 saturated heterocycles. The molecule has 2 aliphatic carbocycles. The number of benzene rings is 1. The highest BCUT2D eigenvalue weighted by Crippen LogP contribution is 2.67. The van der Waals surface area contributed by atoms with E-state index in [0.29, 0.717) is 39.6 Å². The Morgan fingerprint density at radius 2 is 2.00 bits per heavy atom. The van der Waals surface area contributed by atoms with Gasteiger partial charge in [-0.15, -0.1) is 0 Å². The maximum atomic E-state index is 15.0. The summed E-state index contributed by atoms with van der Waals surface area (Å²) in [7, 11) is 0. The van der Waals surface area contributed by atoms with Gasteiger partial charge in [0.25, 0.3) is 0 Å². The van der Waals surface area contributed by atoms with Gasteiger partial charge in [0.1, 0.15) is 28.7 Å². The quantitative estimate of drug-likeness (QED) is 0.556. The van der Waals surface area contributed by atoms with Gasteiger partial charge in [0, 0.05) is 24.2 Å². The van der Waals surface area contributed by atoms with Crippen molar-refractivity contribution < 1.29 is 18.7 Å². The van der Waals surface area contributed by atoms with Crippen LogP contribution >= 0.6 is 11.6 Å². The minimum Gasteiger partial charge on any atom is -0.444 e. The molecule has 1 aromatic heterocycles. The zero-order valence-electron chi connectivity index (χ0n) is 21.2. The number of pyridine rings is 1. The third-order valence-corrected chi connectivity index (χ3v) is 8.14. The van der Waals surface area contributed by atoms with E-state index in [9.17, 15) is 19.2 Å². The fraction of sp³-hybridized carbons (Fsp3) is 0.500. The maximum Gasteiger partial charge on any atom is 0.411 e. The van der Waals surface area contributed by atoms with E-state index in [1.807, 2.05) is 0 Å². The lowest BCUT2D eigenvalue weighted by molar-refractivity contribution is -0.128. The Bertz CT molecular complexity index is 1270. The van der Waals surface area contributed by atoms with Crippen molar-refractivity contribution in [3.8, 4) is 17.2 Å². The molecular formula is C28H30ClFN4O3. The van der Waals surface area contributed by atoms with Crippen molar-refractivity contribution in [3.05, 3.63) is 53.1 Å². The summed E-state index contributed by atoms with van der Waals surface area (Å²) in [6, 6.07) is 8.53. The monoisotopic (exact) mass is 524 g/mol. The summed E-state index contributed by atoms with van der Waals surface area (Å²) in [5.41, 5.74) is 0.970. The Hall–Kier alpha value is -3.18. The third-order valence-electron chi connectivity index (χ3n) is 7.92. The second-order valence-electron chi connectivity index (χ2n) is 11.4. The fourth-order valence-electron chi connectivity index (χ4n) is 6.38. The number of nitriles is 1. The predicted octanol–water partition coefficient (Wildman–Crippen LogP) is 4.98. The first-order valence-corrected chi connectivity index (χ1v) is 13.0. The van der Waals surface area contributed by atoms with Crippen LogP contribution in [0.3, 0.4) is 0 Å². The normalized spacial score (nSPS) is 28.3. The average molecular weight is 525 g/mol. The van der Waals surface area contributed by atoms with Crippen molar-refractivity contribution in [3.63, 3.8) is 0 Å². The molecule has 1 N–H and O–H groups in total. The Labute approximate surface area is 221 Å². The Morgan fingerprint density at radius 1 is 1.27 bits per heavy atom. The number of fused-ring (bicyclic) bond motifs is 5. The van der Waals surface area contributed by atoms with Crippen molar-refractivity contribution in [2.24, 2.45) is 23.7 Å². The molecule has 37 heavy (non-hydrogen) atoms. The van der Waals surface area contributed by atoms with Crippen LogP contribution in [0.15, 0.2) is 36.5 Å². The first-order valence-electron chi connectivity index (χ1n) is 12.6. The van der Waals surface area contributed by atoms with E-state index in [1.165, 1.54) is 6.07 Å². The number of piperidine rings is 1. The second-order valence-corrected chi connectivity index (χ2v) is 11.8. The molecule has 0 spiro atoms. The molecule has 194 valence electrons. The summed E-state index contributed by atoms with van der Waals surface area (Å²) in [6.45, 7) is 7.55. The molecule has 7 nitrogen and oxygen atoms in total. The SMILES string of the molecule is CC1C2C3CC(C12)N(C(=O)OC(C)(C)C)C3C(=O)NC(C#N)Cc1ccc(-c2ccc(Cl)nc2)cc1F. The highest BCUT2D eigenvalue weighted by molar-refractivity contribution is 6.29. The van der Waals surface area contributed by atoms with Crippen LogP contribution < -0.4 is 5.32 Å². The lowest BCUT2D eigenvalue weighted by atomic mass is 9.94. The van der Waals surface area contributed by atoms with E-state index in [-0.39, 0.29) is 24.3 Å². The van der Waals surface area contributed by atoms with E-state index in [0.717, 1.165) is 6.42 Å². The van der Waals surface area contributed by atoms with Gasteiger partial charge in [0.2, 0.25) is 5.91 Å². The van der Waals surface area contributed by atoms with Crippen LogP contribution in [0.25, 0.3) is 11.1 Å². The number of hydrogen-bond donors (Lipinski definition) is 1. The molecule has 2 heterocycles. The van der Waals surface area contributed by atoms with E-state index >= 15 is 0 Å². The number of carbonyl (C=O) groups excluding carboxylic acids is 2. The molecule has 2 aromatic rings. The first-order chi connectivity index (χ1) is 17.5. The number of ether oxygens (including phenoxy) is 1. The zero-order chi connectivity index (χ0) is 26.6. The molecule has 9 heteroatoms. The number of nitrogens with one attached hydrogen (secondary N) is 1. The molecule has 7 unspecified atom stereocenters. The number of nitrogens with zero attached hydrogens (tertiary/aromatic N) is 3. The molecule has 2 amide bonds. The van der Waals surface area contributed by atoms with Gasteiger partial charge in [-0.25, -0.2) is 14.2 Å². The van der Waals surface area contributed by atoms with Gasteiger partial charge in [-0.1, -0.05) is 30.7 Å². The standard InChI is InChI=1S/C28H30ClFN4O3/c1-14-23-19-11-21(24(14)23)34(27(36)37-28(2,3)4)25(19)26(35)33-18(12-31)9-16-6-5-15(10-20(16)30)17-7-8-22(29)32-13-17/h5-8,10,13-14,18-19,21,23-25H,9,11H2,1-4H3,(H,33,35). The lowest BCUT2D eigenvalue weighted by Crippen LogP contribution is -2.56. The van der Waals surface area contributed by atoms with E-state index in [1.54, 1.807) is 56.1 Å². The molecule has 5 rings (SSSR count). The molecule has 3 fully saturated rings. The van der Waals surface area contributed by atoms with E-state index < -0.39 is 29.6 Å². The summed E-state index contributed by atoms with van der Waals surface area (Å²) < 4.78 is 20.6. The van der Waals surface area contributed by atoms with Gasteiger partial charge in [0.15, 0.2) is 0 Å². The van der Waals surface area contributed by atoms with Crippen LogP contribution in [0.4, 0.5) is 9.18 Å². The van der Waals surface area contributed by atoms with Crippen LogP contribution in [-0.2, 0) is 16.0 Å². The average Bonchev–Trinajstić information content (AvgIpc) is 3.18. The molecule has 3 aliphatic rings. The highest BCUT2D eigenvalue weighted by atomic mass is 35.5. The van der Waals surface area contributed by atoms with Crippen molar-refractivity contribution in [2.75, 3.05) is 0 Å². The first kappa shape index (κ1) is 25.5. The predicted molar refractivity (Wildman–Crippen MR) is 136 cm³/mol. The van der Waals surface area contributed by atoms with Gasteiger partial charge >= 0.3 is 6.09 Å². The number of amides is 2. The molecule has 2 bridgehead atoms. The van der Waals surface area contributed by atoms with Crippen molar-refractivity contribution in [2.45, 2.75) is 64.3 Å². The van der Waals surface area contributed by atoms with Crippen molar-refractivity contribution in [1.82, 2.24) is 15.2 Å². The smallest absolute Gasteiger partial charge is 0.411 e. The van der Waals surface area contributed by atoms with Gasteiger partial charge in [-0.05, 0) is 80.2 Å². The molecular weight excluding hydrogens is 495 g/mol. The van der Waals surface area contributed by atoms with Gasteiger partial charge in [-0.2, -0.15) is 5.26 Å². The van der Waals surface area contributed by atoms with Gasteiger partial charge < -0.3 is 10.1 Å². The number of aromatic nitrogens is 1. The summed E-state index contributed by atoms with van der Waals surface area (Å²) in [4.78, 5) is 32.2. The molecule has 1 aliphatic heterocycles. The summed E-state index contributed by atoms with van der Waals surface area (Å²) in [5, 5.41) is 12.9. The van der Waals surface area contributed by atoms with Gasteiger partial charge in [0.05, 0.1) is 6.07 Å². The Morgan fingerprint density at radius 3 is 2.62 bits per heavy atom. The van der Waals surface area contributed by atoms with E-state index in [2.05, 4.69) is 23.3 Å². The number of hydrogen-bond acceptors (Lipinski definition) is 5. The highest BCUT2D eigenvalue weighted by Gasteiger charge is 2.71. The summed E-state index contributed by atoms with van der Waals surface area (Å²) in [6.07, 6.45) is 1.84. The summed E-state index contributed by atoms with van der Waals surface area (Å²) in [5.74, 6) is 0.449. The zero-order valence-corrected chi connectivity index (χ0v) is 22.0. The largest absolute Gasteiger partial charge is 0.444 e. The van der Waals surface area contributed by atoms with Crippen LogP contribution in [-0.4, -0.2) is 45.6 Å². The number of rotatable bonds is 5. The molecule has 0 radical (unpaired) electrons. The minimum atomic E-state index is -0.947. The van der Waals surface area contributed by atoms with Crippen LogP contribution in [0.1, 0.15) is 39.7 Å². The topological polar surface area (TPSA) is 95.3 Å². The van der Waals surface area contributed by atoms with E-state index in [4.69, 9.17) is 16.3 Å². The van der Waals surface area contributed by atoms with Crippen LogP contribution in [0.5, 0.6) is 0 Å². The number of halogens is 2. The molecule has 1 aromatic carbocycles. The number of likely N-dealkylation sites (tertiary alicyclic amines) is 1. The fourth-order valence-corrected chi connectivity index (χ4v) is 6.49. The lowest BCUT2D eigenvalue weighted by Gasteiger charge is -2.35. The summed E-state index contributed by atoms with van der Waals surface area (Å²) >= 11 is 5.83. The van der Waals surface area contributed by atoms with Crippen LogP contribution in [0.2, 0.25) is 5.15 Å². The van der Waals surface area contributed by atoms with Crippen molar-refractivity contribution >= 4 is 23.6 Å². The third kappa shape index (κ3) is 4.77. The Balaban J connectivity index is 1.30. The van der Waals surface area contributed by atoms with Gasteiger partial charge in [-0.3, -0.25) is 9.69 Å². The maximum absolute atomic E-state index is 15.0. The number of carbonyl (C=O) groups is 2. The molecule has 7 atom stereocenters.